The highest BCUT2D eigenvalue weighted by molar-refractivity contribution is 7.85. The Kier molecular flexibility index (Phi) is 20.7. The first kappa shape index (κ1) is 50.5. The number of likely N-dealkylation sites (N-methyl/N-ethyl adjacent to an activating group) is 2. The average Bonchev–Trinajstić information content (AvgIpc) is 3.65. The SMILES string of the molecule is CC[C@H](C)C([C@@H](CC(=O)N1CCC[C@H]1[C@H](OC)[C@@H](C)C(=O)N[C@@H](Cc1ccccc1)C(=O)NCCS(=O)(=O)O)OC)N(C)C(=O)[C@@H](NC(=O)[C@@H](NC)C(C)C)C(C)C. The summed E-state index contributed by atoms with van der Waals surface area (Å²) in [6, 6.07) is 5.67. The molecule has 0 spiro atoms. The molecule has 0 aromatic heterocycles. The second-order valence-corrected chi connectivity index (χ2v) is 17.7. The number of carbonyl (C=O) groups is 5. The van der Waals surface area contributed by atoms with Gasteiger partial charge in [-0.3, -0.25) is 28.5 Å². The molecule has 58 heavy (non-hydrogen) atoms. The van der Waals surface area contributed by atoms with E-state index < -0.39 is 76.0 Å². The maximum Gasteiger partial charge on any atom is 0.266 e. The lowest BCUT2D eigenvalue weighted by Gasteiger charge is -2.41. The molecule has 1 unspecified atom stereocenters. The van der Waals surface area contributed by atoms with Gasteiger partial charge < -0.3 is 40.5 Å². The monoisotopic (exact) mass is 838 g/mol. The van der Waals surface area contributed by atoms with Crippen LogP contribution < -0.4 is 21.3 Å². The quantitative estimate of drug-likeness (QED) is 0.0951. The van der Waals surface area contributed by atoms with E-state index in [9.17, 15) is 32.4 Å². The fraction of sp³-hybridized carbons (Fsp3) is 0.732. The highest BCUT2D eigenvalue weighted by Crippen LogP contribution is 2.30. The number of nitrogens with zero attached hydrogens (tertiary/aromatic N) is 2. The summed E-state index contributed by atoms with van der Waals surface area (Å²) in [4.78, 5) is 72.0. The minimum absolute atomic E-state index is 0.00250. The zero-order valence-electron chi connectivity index (χ0n) is 36.3. The van der Waals surface area contributed by atoms with E-state index in [4.69, 9.17) is 14.0 Å². The highest BCUT2D eigenvalue weighted by Gasteiger charge is 2.43. The third kappa shape index (κ3) is 14.6. The summed E-state index contributed by atoms with van der Waals surface area (Å²) in [6.45, 7) is 13.4. The average molecular weight is 839 g/mol. The lowest BCUT2D eigenvalue weighted by molar-refractivity contribution is -0.148. The first-order chi connectivity index (χ1) is 27.2. The van der Waals surface area contributed by atoms with E-state index in [1.54, 1.807) is 55.1 Å². The number of ether oxygens (including phenoxy) is 2. The van der Waals surface area contributed by atoms with E-state index in [0.717, 1.165) is 5.56 Å². The first-order valence-electron chi connectivity index (χ1n) is 20.4. The predicted octanol–water partition coefficient (Wildman–Crippen LogP) is 2.02. The predicted molar refractivity (Wildman–Crippen MR) is 222 cm³/mol. The molecule has 9 atom stereocenters. The van der Waals surface area contributed by atoms with Crippen LogP contribution in [-0.2, 0) is 50.0 Å². The first-order valence-corrected chi connectivity index (χ1v) is 22.0. The largest absolute Gasteiger partial charge is 0.379 e. The fourth-order valence-electron chi connectivity index (χ4n) is 7.84. The summed E-state index contributed by atoms with van der Waals surface area (Å²) >= 11 is 0. The third-order valence-corrected chi connectivity index (χ3v) is 12.0. The van der Waals surface area contributed by atoms with Gasteiger partial charge >= 0.3 is 0 Å². The van der Waals surface area contributed by atoms with Gasteiger partial charge in [-0.1, -0.05) is 85.2 Å². The van der Waals surface area contributed by atoms with Crippen molar-refractivity contribution in [1.82, 2.24) is 31.1 Å². The third-order valence-electron chi connectivity index (χ3n) is 11.3. The van der Waals surface area contributed by atoms with Gasteiger partial charge in [-0.2, -0.15) is 8.42 Å². The molecule has 0 bridgehead atoms. The van der Waals surface area contributed by atoms with Gasteiger partial charge in [0.2, 0.25) is 29.5 Å². The van der Waals surface area contributed by atoms with Crippen molar-refractivity contribution in [1.29, 1.82) is 0 Å². The van der Waals surface area contributed by atoms with Crippen molar-refractivity contribution < 1.29 is 46.4 Å². The Balaban J connectivity index is 2.30. The van der Waals surface area contributed by atoms with Gasteiger partial charge in [-0.05, 0) is 43.2 Å². The van der Waals surface area contributed by atoms with Crippen LogP contribution in [0, 0.1) is 23.7 Å². The number of nitrogens with one attached hydrogen (secondary N) is 4. The van der Waals surface area contributed by atoms with Gasteiger partial charge in [-0.15, -0.1) is 0 Å². The van der Waals surface area contributed by atoms with Crippen molar-refractivity contribution in [3.8, 4) is 0 Å². The van der Waals surface area contributed by atoms with Gasteiger partial charge in [0.1, 0.15) is 12.1 Å². The number of hydrogen-bond donors (Lipinski definition) is 5. The van der Waals surface area contributed by atoms with Crippen molar-refractivity contribution in [3.05, 3.63) is 35.9 Å². The zero-order valence-corrected chi connectivity index (χ0v) is 37.1. The van der Waals surface area contributed by atoms with E-state index in [0.29, 0.717) is 25.8 Å². The molecule has 1 heterocycles. The van der Waals surface area contributed by atoms with Crippen LogP contribution in [0.15, 0.2) is 30.3 Å². The second kappa shape index (κ2) is 23.8. The summed E-state index contributed by atoms with van der Waals surface area (Å²) in [6.07, 6.45) is 0.560. The van der Waals surface area contributed by atoms with Crippen molar-refractivity contribution in [3.63, 3.8) is 0 Å². The smallest absolute Gasteiger partial charge is 0.266 e. The molecule has 1 aromatic rings. The van der Waals surface area contributed by atoms with Crippen LogP contribution in [-0.4, -0.2) is 142 Å². The zero-order chi connectivity index (χ0) is 43.9. The van der Waals surface area contributed by atoms with Gasteiger partial charge in [0.25, 0.3) is 10.1 Å². The molecule has 16 nitrogen and oxygen atoms in total. The molecule has 2 rings (SSSR count). The number of likely N-dealkylation sites (tertiary alicyclic amines) is 1. The Labute approximate surface area is 346 Å². The summed E-state index contributed by atoms with van der Waals surface area (Å²) in [7, 11) is 2.08. The molecule has 17 heteroatoms. The Morgan fingerprint density at radius 2 is 1.53 bits per heavy atom. The van der Waals surface area contributed by atoms with Crippen molar-refractivity contribution in [2.45, 2.75) is 123 Å². The topological polar surface area (TPSA) is 213 Å². The molecule has 1 saturated heterocycles. The molecule has 1 aliphatic rings. The fourth-order valence-corrected chi connectivity index (χ4v) is 8.20. The molecule has 5 amide bonds. The Morgan fingerprint density at radius 3 is 2.05 bits per heavy atom. The van der Waals surface area contributed by atoms with Gasteiger partial charge in [0, 0.05) is 40.8 Å². The van der Waals surface area contributed by atoms with E-state index >= 15 is 0 Å². The number of amides is 5. The molecule has 1 aliphatic heterocycles. The maximum atomic E-state index is 14.3. The van der Waals surface area contributed by atoms with Crippen molar-refractivity contribution in [2.24, 2.45) is 23.7 Å². The molecule has 1 aromatic carbocycles. The van der Waals surface area contributed by atoms with Crippen molar-refractivity contribution in [2.75, 3.05) is 47.2 Å². The van der Waals surface area contributed by atoms with E-state index in [1.807, 2.05) is 47.6 Å². The number of methoxy groups -OCH3 is 2. The number of rotatable bonds is 24. The van der Waals surface area contributed by atoms with Crippen LogP contribution in [0.1, 0.15) is 79.7 Å². The minimum atomic E-state index is -4.31. The Hall–Kier alpha value is -3.64. The summed E-state index contributed by atoms with van der Waals surface area (Å²) < 4.78 is 43.5. The van der Waals surface area contributed by atoms with E-state index in [1.165, 1.54) is 14.2 Å². The minimum Gasteiger partial charge on any atom is -0.379 e. The molecule has 0 aliphatic carbocycles. The summed E-state index contributed by atoms with van der Waals surface area (Å²) in [5.41, 5.74) is 0.759. The maximum absolute atomic E-state index is 14.3. The van der Waals surface area contributed by atoms with E-state index in [2.05, 4.69) is 21.3 Å². The summed E-state index contributed by atoms with van der Waals surface area (Å²) in [5, 5.41) is 11.3. The molecular weight excluding hydrogens is 769 g/mol. The number of hydrogen-bond acceptors (Lipinski definition) is 10. The Bertz CT molecular complexity index is 1600. The normalized spacial score (nSPS) is 18.7. The lowest BCUT2D eigenvalue weighted by Crippen LogP contribution is -2.59. The van der Waals surface area contributed by atoms with Gasteiger partial charge in [0.05, 0.1) is 48.4 Å². The van der Waals surface area contributed by atoms with Crippen LogP contribution in [0.4, 0.5) is 0 Å². The lowest BCUT2D eigenvalue weighted by atomic mass is 9.89. The van der Waals surface area contributed by atoms with Gasteiger partial charge in [0.15, 0.2) is 0 Å². The summed E-state index contributed by atoms with van der Waals surface area (Å²) in [5.74, 6) is -3.67. The molecule has 0 radical (unpaired) electrons. The number of benzene rings is 1. The van der Waals surface area contributed by atoms with Crippen LogP contribution in [0.3, 0.4) is 0 Å². The standard InChI is InChI=1S/C41H70N6O10S/c1-12-27(6)36(46(9)41(52)35(26(4)5)45-40(51)34(42-8)25(2)3)32(56-10)24-33(48)47-21-16-19-31(47)37(57-11)28(7)38(49)44-30(23-29-17-14-13-15-18-29)39(50)43-20-22-58(53,54)55/h13-15,17-18,25-28,30-32,34-37,42H,12,16,19-24H2,1-11H3,(H,43,50)(H,44,49)(H,45,51)(H,53,54,55)/t27-,28+,30-,31-,32+,34-,35-,36?,37+/m0/s1. The molecule has 0 saturated carbocycles. The number of carbonyl (C=O) groups excluding carboxylic acids is 5. The van der Waals surface area contributed by atoms with Gasteiger partial charge in [-0.25, -0.2) is 0 Å². The second-order valence-electron chi connectivity index (χ2n) is 16.2. The van der Waals surface area contributed by atoms with Crippen LogP contribution in [0.5, 0.6) is 0 Å². The van der Waals surface area contributed by atoms with Crippen LogP contribution >= 0.6 is 0 Å². The van der Waals surface area contributed by atoms with Crippen LogP contribution in [0.25, 0.3) is 0 Å². The highest BCUT2D eigenvalue weighted by atomic mass is 32.2. The molecule has 5 N–H and O–H groups in total. The van der Waals surface area contributed by atoms with Crippen LogP contribution in [0.2, 0.25) is 0 Å². The van der Waals surface area contributed by atoms with Crippen molar-refractivity contribution >= 4 is 39.7 Å². The molecule has 1 fully saturated rings. The molecular formula is C41H70N6O10S. The Morgan fingerprint density at radius 1 is 0.914 bits per heavy atom. The molecule has 330 valence electrons. The van der Waals surface area contributed by atoms with E-state index in [-0.39, 0.29) is 54.9 Å².